The Morgan fingerprint density at radius 2 is 1.48 bits per heavy atom. The Hall–Kier alpha value is -4.18. The van der Waals surface area contributed by atoms with E-state index in [1.165, 1.54) is 17.2 Å². The third kappa shape index (κ3) is 12.5. The predicted molar refractivity (Wildman–Crippen MR) is 228 cm³/mol. The van der Waals surface area contributed by atoms with Gasteiger partial charge < -0.3 is 55.0 Å². The molecule has 7 atom stereocenters. The van der Waals surface area contributed by atoms with Gasteiger partial charge >= 0.3 is 15.6 Å². The highest BCUT2D eigenvalue weighted by Crippen LogP contribution is 2.65. The Balaban J connectivity index is 0.931. The summed E-state index contributed by atoms with van der Waals surface area (Å²) < 4.78 is 55.4. The van der Waals surface area contributed by atoms with Crippen molar-refractivity contribution >= 4 is 79.5 Å². The molecule has 63 heavy (non-hydrogen) atoms. The number of benzene rings is 2. The number of rotatable bonds is 22. The van der Waals surface area contributed by atoms with Gasteiger partial charge in [0, 0.05) is 88.4 Å². The van der Waals surface area contributed by atoms with E-state index >= 15 is 0 Å². The van der Waals surface area contributed by atoms with Crippen LogP contribution in [0.4, 0.5) is 17.2 Å². The molecule has 3 unspecified atom stereocenters. The van der Waals surface area contributed by atoms with Crippen molar-refractivity contribution in [1.29, 1.82) is 0 Å². The summed E-state index contributed by atoms with van der Waals surface area (Å²) in [5, 5.41) is 29.8. The molecule has 344 valence electrons. The van der Waals surface area contributed by atoms with Crippen LogP contribution in [-0.4, -0.2) is 117 Å². The Labute approximate surface area is 362 Å². The maximum Gasteiger partial charge on any atom is 0.487 e. The zero-order valence-corrected chi connectivity index (χ0v) is 37.6. The number of phosphoric ester groups is 1. The van der Waals surface area contributed by atoms with Gasteiger partial charge in [0.2, 0.25) is 16.9 Å². The number of nitrogens with one attached hydrogen (secondary N) is 2. The molecular formula is C37H52N9O14P3. The summed E-state index contributed by atoms with van der Waals surface area (Å²) in [5.74, 6) is 0.406. The summed E-state index contributed by atoms with van der Waals surface area (Å²) >= 11 is 0. The molecule has 0 aliphatic carbocycles. The normalized spacial score (nSPS) is 20.7. The molecule has 1 aliphatic heterocycles. The highest BCUT2D eigenvalue weighted by molar-refractivity contribution is 7.66. The lowest BCUT2D eigenvalue weighted by Crippen LogP contribution is -2.37. The molecule has 2 aromatic carbocycles. The van der Waals surface area contributed by atoms with Crippen LogP contribution in [0.15, 0.2) is 55.1 Å². The fraction of sp³-hybridized carbons (Fsp3) is 0.486. The summed E-state index contributed by atoms with van der Waals surface area (Å²) in [5.41, 5.74) is 4.97. The van der Waals surface area contributed by atoms with Crippen molar-refractivity contribution in [2.75, 3.05) is 63.0 Å². The van der Waals surface area contributed by atoms with E-state index in [1.807, 2.05) is 28.2 Å². The quantitative estimate of drug-likeness (QED) is 0.0227. The van der Waals surface area contributed by atoms with Gasteiger partial charge in [0.25, 0.3) is 7.82 Å². The molecule has 0 bridgehead atoms. The van der Waals surface area contributed by atoms with Crippen molar-refractivity contribution in [2.24, 2.45) is 0 Å². The minimum Gasteiger partial charge on any atom is -0.756 e. The first-order valence-corrected chi connectivity index (χ1v) is 24.4. The van der Waals surface area contributed by atoms with Crippen molar-refractivity contribution in [2.45, 2.75) is 69.6 Å². The van der Waals surface area contributed by atoms with E-state index in [0.29, 0.717) is 43.8 Å². The van der Waals surface area contributed by atoms with Gasteiger partial charge in [0.15, 0.2) is 23.2 Å². The molecule has 23 nitrogen and oxygen atoms in total. The van der Waals surface area contributed by atoms with Crippen molar-refractivity contribution in [3.8, 4) is 0 Å². The van der Waals surface area contributed by atoms with Gasteiger partial charge in [-0.2, -0.15) is 8.88 Å². The van der Waals surface area contributed by atoms with Crippen LogP contribution in [-0.2, 0) is 42.9 Å². The van der Waals surface area contributed by atoms with Crippen LogP contribution in [0, 0.1) is 0 Å². The average Bonchev–Trinajstić information content (AvgIpc) is 3.75. The summed E-state index contributed by atoms with van der Waals surface area (Å²) in [7, 11) is -9.10. The van der Waals surface area contributed by atoms with Gasteiger partial charge in [-0.15, -0.1) is 0 Å². The monoisotopic (exact) mass is 939 g/mol. The maximum absolute atomic E-state index is 12.9. The molecule has 1 fully saturated rings. The number of hydrogen-bond acceptors (Lipinski definition) is 17. The van der Waals surface area contributed by atoms with Gasteiger partial charge in [0.1, 0.15) is 31.2 Å². The van der Waals surface area contributed by atoms with E-state index in [2.05, 4.69) is 95.6 Å². The molecule has 6 rings (SSSR count). The van der Waals surface area contributed by atoms with Crippen LogP contribution in [0.2, 0.25) is 0 Å². The number of phosphoric acid groups is 3. The predicted octanol–water partition coefficient (Wildman–Crippen LogP) is 2.45. The van der Waals surface area contributed by atoms with Crippen molar-refractivity contribution in [3.63, 3.8) is 0 Å². The number of carbonyl (C=O) groups is 1. The Bertz CT molecular complexity index is 2490. The van der Waals surface area contributed by atoms with Gasteiger partial charge in [-0.3, -0.25) is 18.5 Å². The lowest BCUT2D eigenvalue weighted by molar-refractivity contribution is -0.645. The number of pyridine rings is 1. The lowest BCUT2D eigenvalue weighted by atomic mass is 10.1. The third-order valence-corrected chi connectivity index (χ3v) is 14.0. The first-order valence-electron chi connectivity index (χ1n) is 19.9. The van der Waals surface area contributed by atoms with Crippen molar-refractivity contribution in [3.05, 3.63) is 55.1 Å². The second-order valence-corrected chi connectivity index (χ2v) is 19.7. The number of aliphatic hydroxyl groups excluding tert-OH is 2. The standard InChI is InChI=1S/C37H52N9O14P3/c1-43(2)26-13-11-24-18-25-12-14-27(44(3)4)20-29(25)45(28(24)19-26)17-9-10-31(47)38-15-7-5-6-8-16-39-35-32-36(41-22-40-35)46(23-42-32)37-34(49)33(48)30(58-37)21-57-62(53,54)60-63(55,56)59-61(50,51)52/h11-14,18-20,22-23,30,33-34,37,48-49H,5-10,15-17,21H2,1-4H3,(H5-,38,39,40,41,47,50,51,52,53,54,55,56)/t30-,33-,34-,37-/m1/s1. The Kier molecular flexibility index (Phi) is 15.6. The van der Waals surface area contributed by atoms with Crippen LogP contribution < -0.4 is 29.9 Å². The van der Waals surface area contributed by atoms with E-state index in [1.54, 1.807) is 0 Å². The number of aromatic nitrogens is 5. The average molecular weight is 940 g/mol. The van der Waals surface area contributed by atoms with Gasteiger partial charge in [-0.25, -0.2) is 28.4 Å². The molecule has 0 spiro atoms. The van der Waals surface area contributed by atoms with Gasteiger partial charge in [-0.1, -0.05) is 12.8 Å². The number of aryl methyl sites for hydroxylation is 1. The largest absolute Gasteiger partial charge is 0.756 e. The molecule has 5 aromatic rings. The van der Waals surface area contributed by atoms with Gasteiger partial charge in [0.05, 0.1) is 12.9 Å². The van der Waals surface area contributed by atoms with Crippen molar-refractivity contribution < 1.29 is 70.7 Å². The number of fused-ring (bicyclic) bond motifs is 3. The first-order chi connectivity index (χ1) is 29.7. The summed E-state index contributed by atoms with van der Waals surface area (Å²) in [4.78, 5) is 68.2. The van der Waals surface area contributed by atoms with E-state index in [9.17, 15) is 43.4 Å². The van der Waals surface area contributed by atoms with E-state index in [0.717, 1.165) is 58.9 Å². The Morgan fingerprint density at radius 3 is 2.10 bits per heavy atom. The molecule has 0 saturated carbocycles. The second kappa shape index (κ2) is 20.3. The number of unbranched alkanes of at least 4 members (excludes halogenated alkanes) is 3. The zero-order chi connectivity index (χ0) is 45.7. The molecule has 1 amide bonds. The van der Waals surface area contributed by atoms with Crippen LogP contribution in [0.1, 0.15) is 44.8 Å². The smallest absolute Gasteiger partial charge is 0.487 e. The van der Waals surface area contributed by atoms with Gasteiger partial charge in [-0.05, 0) is 43.2 Å². The SMILES string of the molecule is CN(C)c1ccc2cc3ccc(N(C)C)cc3[n+](CCCC(=O)NCCCCCCNc3ncnc4c3ncn4[C@@H]3O[C@H](COP(=O)(O)OP(=O)(O)OP(=O)([O-])O)[C@@H](O)[C@H]3O)c2c1. The molecule has 26 heteroatoms. The highest BCUT2D eigenvalue weighted by atomic mass is 31.3. The summed E-state index contributed by atoms with van der Waals surface area (Å²) in [6.45, 7) is 0.808. The minimum absolute atomic E-state index is 0.0128. The number of ether oxygens (including phenoxy) is 1. The fourth-order valence-electron chi connectivity index (χ4n) is 7.13. The van der Waals surface area contributed by atoms with Crippen LogP contribution in [0.25, 0.3) is 33.0 Å². The molecule has 3 aromatic heterocycles. The number of hydrogen-bond donors (Lipinski definition) is 7. The zero-order valence-electron chi connectivity index (χ0n) is 35.0. The van der Waals surface area contributed by atoms with Crippen molar-refractivity contribution in [1.82, 2.24) is 24.8 Å². The molecule has 4 heterocycles. The molecule has 0 radical (unpaired) electrons. The second-order valence-electron chi connectivity index (χ2n) is 15.3. The van der Waals surface area contributed by atoms with E-state index in [4.69, 9.17) is 9.63 Å². The van der Waals surface area contributed by atoms with Crippen LogP contribution in [0.3, 0.4) is 0 Å². The van der Waals surface area contributed by atoms with Crippen LogP contribution >= 0.6 is 23.5 Å². The molecule has 1 aliphatic rings. The minimum atomic E-state index is -5.84. The Morgan fingerprint density at radius 1 is 0.841 bits per heavy atom. The molecule has 1 saturated heterocycles. The maximum atomic E-state index is 12.9. The fourth-order valence-corrected chi connectivity index (χ4v) is 10.1. The number of carbonyl (C=O) groups excluding carboxylic acids is 1. The highest BCUT2D eigenvalue weighted by Gasteiger charge is 2.46. The first kappa shape index (κ1) is 48.3. The van der Waals surface area contributed by atoms with E-state index in [-0.39, 0.29) is 11.6 Å². The summed E-state index contributed by atoms with van der Waals surface area (Å²) in [6.07, 6.45) is 0.797. The van der Waals surface area contributed by atoms with E-state index < -0.39 is 54.6 Å². The number of anilines is 3. The number of nitrogens with zero attached hydrogens (tertiary/aromatic N) is 7. The molecular weight excluding hydrogens is 887 g/mol. The molecule has 7 N–H and O–H groups in total. The van der Waals surface area contributed by atoms with Crippen LogP contribution in [0.5, 0.6) is 0 Å². The number of imidazole rings is 1. The third-order valence-electron chi connectivity index (χ3n) is 10.2. The lowest BCUT2D eigenvalue weighted by Gasteiger charge is -2.21. The topological polar surface area (TPSA) is 307 Å². The summed E-state index contributed by atoms with van der Waals surface area (Å²) in [6, 6.07) is 15.1. The number of amides is 1. The number of aliphatic hydroxyl groups is 2.